The van der Waals surface area contributed by atoms with Crippen LogP contribution >= 0.6 is 0 Å². The lowest BCUT2D eigenvalue weighted by Crippen LogP contribution is -2.38. The van der Waals surface area contributed by atoms with Gasteiger partial charge in [0.05, 0.1) is 24.9 Å². The summed E-state index contributed by atoms with van der Waals surface area (Å²) in [6.07, 6.45) is -0.0261. The molecule has 4 heterocycles. The summed E-state index contributed by atoms with van der Waals surface area (Å²) in [4.78, 5) is 21.6. The van der Waals surface area contributed by atoms with Crippen molar-refractivity contribution in [2.45, 2.75) is 50.5 Å². The van der Waals surface area contributed by atoms with Crippen molar-refractivity contribution in [3.05, 3.63) is 60.3 Å². The van der Waals surface area contributed by atoms with E-state index in [4.69, 9.17) is 23.7 Å². The Bertz CT molecular complexity index is 1330. The predicted octanol–water partition coefficient (Wildman–Crippen LogP) is 4.37. The maximum absolute atomic E-state index is 12.6. The van der Waals surface area contributed by atoms with E-state index in [1.54, 1.807) is 6.20 Å². The Morgan fingerprint density at radius 3 is 2.58 bits per heavy atom. The number of hydrogen-bond acceptors (Lipinski definition) is 9. The van der Waals surface area contributed by atoms with Gasteiger partial charge in [0, 0.05) is 17.4 Å². The van der Waals surface area contributed by atoms with Gasteiger partial charge >= 0.3 is 6.09 Å². The van der Waals surface area contributed by atoms with Crippen molar-refractivity contribution < 1.29 is 28.5 Å². The van der Waals surface area contributed by atoms with Crippen LogP contribution in [0, 0.1) is 0 Å². The molecule has 3 aliphatic rings. The van der Waals surface area contributed by atoms with E-state index in [1.807, 2.05) is 48.5 Å². The molecule has 2 fully saturated rings. The zero-order valence-corrected chi connectivity index (χ0v) is 21.5. The molecule has 2 N–H and O–H groups in total. The summed E-state index contributed by atoms with van der Waals surface area (Å²) >= 11 is 0. The fourth-order valence-corrected chi connectivity index (χ4v) is 4.84. The van der Waals surface area contributed by atoms with Gasteiger partial charge in [-0.2, -0.15) is 0 Å². The second-order valence-electron chi connectivity index (χ2n) is 10.6. The van der Waals surface area contributed by atoms with Gasteiger partial charge in [-0.1, -0.05) is 32.9 Å². The Morgan fingerprint density at radius 1 is 0.974 bits per heavy atom. The minimum Gasteiger partial charge on any atom is -0.454 e. The number of anilines is 2. The van der Waals surface area contributed by atoms with Crippen molar-refractivity contribution in [2.24, 2.45) is 0 Å². The van der Waals surface area contributed by atoms with Crippen molar-refractivity contribution >= 4 is 17.7 Å². The minimum atomic E-state index is -0.539. The molecule has 0 bridgehead atoms. The third-order valence-electron chi connectivity index (χ3n) is 6.90. The lowest BCUT2D eigenvalue weighted by molar-refractivity contribution is 0.00917. The maximum Gasteiger partial charge on any atom is 0.412 e. The summed E-state index contributed by atoms with van der Waals surface area (Å²) in [6, 6.07) is 15.1. The van der Waals surface area contributed by atoms with Crippen molar-refractivity contribution in [1.29, 1.82) is 0 Å². The zero-order valence-electron chi connectivity index (χ0n) is 21.5. The fourth-order valence-electron chi connectivity index (χ4n) is 4.84. The fraction of sp³-hybridized carbons (Fsp3) is 0.393. The first-order chi connectivity index (χ1) is 18.3. The number of aromatic nitrogens is 2. The molecule has 6 rings (SSSR count). The minimum absolute atomic E-state index is 0.0396. The molecule has 0 aliphatic carbocycles. The molecular formula is C28H30N4O6. The highest BCUT2D eigenvalue weighted by Crippen LogP contribution is 2.36. The molecule has 3 aliphatic heterocycles. The second kappa shape index (κ2) is 9.77. The molecule has 10 nitrogen and oxygen atoms in total. The molecule has 1 amide bonds. The third kappa shape index (κ3) is 4.97. The van der Waals surface area contributed by atoms with Crippen LogP contribution in [0.1, 0.15) is 26.3 Å². The van der Waals surface area contributed by atoms with Gasteiger partial charge in [0.2, 0.25) is 12.7 Å². The number of benzene rings is 2. The molecule has 10 heteroatoms. The van der Waals surface area contributed by atoms with E-state index in [-0.39, 0.29) is 37.1 Å². The summed E-state index contributed by atoms with van der Waals surface area (Å²) in [6.45, 7) is 7.28. The Morgan fingerprint density at radius 2 is 1.76 bits per heavy atom. The van der Waals surface area contributed by atoms with Crippen molar-refractivity contribution in [3.63, 3.8) is 0 Å². The number of hydrogen-bond donors (Lipinski definition) is 2. The van der Waals surface area contributed by atoms with Gasteiger partial charge in [0.15, 0.2) is 17.6 Å². The first-order valence-corrected chi connectivity index (χ1v) is 12.6. The van der Waals surface area contributed by atoms with Crippen LogP contribution in [0.5, 0.6) is 11.5 Å². The van der Waals surface area contributed by atoms with Crippen LogP contribution in [-0.4, -0.2) is 60.4 Å². The number of carbonyl (C=O) groups is 1. The highest BCUT2D eigenvalue weighted by atomic mass is 16.7. The van der Waals surface area contributed by atoms with E-state index >= 15 is 0 Å². The highest BCUT2D eigenvalue weighted by molar-refractivity contribution is 5.84. The second-order valence-corrected chi connectivity index (χ2v) is 10.6. The first kappa shape index (κ1) is 24.4. The summed E-state index contributed by atoms with van der Waals surface area (Å²) in [5.74, 6) is 1.87. The molecule has 3 aromatic rings. The van der Waals surface area contributed by atoms with Crippen LogP contribution in [0.3, 0.4) is 0 Å². The molecule has 0 saturated carbocycles. The number of amides is 1. The lowest BCUT2D eigenvalue weighted by atomic mass is 9.87. The molecule has 2 saturated heterocycles. The van der Waals surface area contributed by atoms with Gasteiger partial charge in [-0.25, -0.2) is 14.8 Å². The maximum atomic E-state index is 12.6. The topological polar surface area (TPSA) is 113 Å². The van der Waals surface area contributed by atoms with Crippen LogP contribution < -0.4 is 20.1 Å². The van der Waals surface area contributed by atoms with Crippen LogP contribution in [0.4, 0.5) is 16.4 Å². The van der Waals surface area contributed by atoms with Crippen molar-refractivity contribution in [3.8, 4) is 22.8 Å². The summed E-state index contributed by atoms with van der Waals surface area (Å²) in [7, 11) is 0. The molecule has 2 aromatic carbocycles. The van der Waals surface area contributed by atoms with Gasteiger partial charge < -0.3 is 29.0 Å². The normalized spacial score (nSPS) is 23.7. The molecular weight excluding hydrogens is 488 g/mol. The van der Waals surface area contributed by atoms with Gasteiger partial charge in [0.25, 0.3) is 0 Å². The number of nitrogens with zero attached hydrogens (tertiary/aromatic N) is 2. The van der Waals surface area contributed by atoms with Crippen molar-refractivity contribution in [2.75, 3.05) is 30.6 Å². The van der Waals surface area contributed by atoms with E-state index in [0.29, 0.717) is 24.0 Å². The summed E-state index contributed by atoms with van der Waals surface area (Å²) in [5, 5.41) is 6.11. The quantitative estimate of drug-likeness (QED) is 0.508. The SMILES string of the molecule is CC(C)(C)c1ccc(NC(=O)O[C@@H]2CO[C@H]3[C@@H]2OC[C@@H]3Nc2nccc(-c3ccc4c(c3)OCO4)n2)cc1. The Balaban J connectivity index is 1.06. The Hall–Kier alpha value is -3.89. The van der Waals surface area contributed by atoms with E-state index in [2.05, 4.69) is 41.4 Å². The number of rotatable bonds is 5. The average Bonchev–Trinajstić information content (AvgIpc) is 3.62. The van der Waals surface area contributed by atoms with Gasteiger partial charge in [-0.05, 0) is 47.4 Å². The Kier molecular flexibility index (Phi) is 6.29. The molecule has 0 unspecified atom stereocenters. The summed E-state index contributed by atoms with van der Waals surface area (Å²) < 4.78 is 28.5. The van der Waals surface area contributed by atoms with E-state index in [1.165, 1.54) is 5.56 Å². The molecule has 1 aromatic heterocycles. The van der Waals surface area contributed by atoms with Gasteiger partial charge in [0.1, 0.15) is 12.2 Å². The third-order valence-corrected chi connectivity index (χ3v) is 6.90. The number of carbonyl (C=O) groups excluding carboxylic acids is 1. The van der Waals surface area contributed by atoms with Crippen LogP contribution in [0.25, 0.3) is 11.3 Å². The van der Waals surface area contributed by atoms with Crippen LogP contribution in [0.2, 0.25) is 0 Å². The Labute approximate surface area is 220 Å². The number of nitrogens with one attached hydrogen (secondary N) is 2. The van der Waals surface area contributed by atoms with Crippen molar-refractivity contribution in [1.82, 2.24) is 9.97 Å². The zero-order chi connectivity index (χ0) is 26.3. The molecule has 38 heavy (non-hydrogen) atoms. The number of ether oxygens (including phenoxy) is 5. The lowest BCUT2D eigenvalue weighted by Gasteiger charge is -2.20. The monoisotopic (exact) mass is 518 g/mol. The standard InChI is InChI=1S/C28H30N4O6/c1-28(2,3)17-5-7-18(8-6-17)30-27(33)38-23-14-35-24-20(13-34-25(23)24)32-26-29-11-10-19(31-26)16-4-9-21-22(12-16)37-15-36-21/h4-12,20,23-25H,13-15H2,1-3H3,(H,30,33)(H,29,31,32)/t20-,23+,24+,25+/m0/s1. The van der Waals surface area contributed by atoms with E-state index < -0.39 is 12.2 Å². The summed E-state index contributed by atoms with van der Waals surface area (Å²) in [5.41, 5.74) is 3.54. The molecule has 0 radical (unpaired) electrons. The van der Waals surface area contributed by atoms with E-state index in [0.717, 1.165) is 17.0 Å². The largest absolute Gasteiger partial charge is 0.454 e. The van der Waals surface area contributed by atoms with Crippen LogP contribution in [-0.2, 0) is 19.6 Å². The van der Waals surface area contributed by atoms with Gasteiger partial charge in [-0.15, -0.1) is 0 Å². The van der Waals surface area contributed by atoms with Gasteiger partial charge in [-0.3, -0.25) is 5.32 Å². The molecule has 0 spiro atoms. The average molecular weight is 519 g/mol. The highest BCUT2D eigenvalue weighted by Gasteiger charge is 2.49. The molecule has 4 atom stereocenters. The van der Waals surface area contributed by atoms with Crippen LogP contribution in [0.15, 0.2) is 54.7 Å². The smallest absolute Gasteiger partial charge is 0.412 e. The number of fused-ring (bicyclic) bond motifs is 2. The predicted molar refractivity (Wildman–Crippen MR) is 140 cm³/mol. The first-order valence-electron chi connectivity index (χ1n) is 12.6. The van der Waals surface area contributed by atoms with E-state index in [9.17, 15) is 4.79 Å². The molecule has 198 valence electrons.